The molecule has 1 atom stereocenters. The van der Waals surface area contributed by atoms with Crippen molar-refractivity contribution in [2.75, 3.05) is 12.3 Å². The number of nitrogens with one attached hydrogen (secondary N) is 1. The van der Waals surface area contributed by atoms with Gasteiger partial charge in [-0.15, -0.1) is 0 Å². The predicted octanol–water partition coefficient (Wildman–Crippen LogP) is 0.475. The third-order valence-electron chi connectivity index (χ3n) is 2.36. The lowest BCUT2D eigenvalue weighted by Crippen LogP contribution is -2.36. The lowest BCUT2D eigenvalue weighted by molar-refractivity contribution is 0.0912. The van der Waals surface area contributed by atoms with Crippen molar-refractivity contribution >= 4 is 11.6 Å². The van der Waals surface area contributed by atoms with Gasteiger partial charge in [-0.3, -0.25) is 4.79 Å². The van der Waals surface area contributed by atoms with E-state index in [9.17, 15) is 9.90 Å². The molecule has 88 valence electrons. The van der Waals surface area contributed by atoms with Crippen molar-refractivity contribution < 1.29 is 15.0 Å². The first kappa shape index (κ1) is 12.3. The molecule has 0 radical (unpaired) electrons. The van der Waals surface area contributed by atoms with E-state index in [0.717, 1.165) is 0 Å². The van der Waals surface area contributed by atoms with E-state index in [-0.39, 0.29) is 29.6 Å². The summed E-state index contributed by atoms with van der Waals surface area (Å²) in [6, 6.07) is 4.26. The second-order valence-corrected chi connectivity index (χ2v) is 3.50. The molecule has 0 saturated heterocycles. The van der Waals surface area contributed by atoms with E-state index in [2.05, 4.69) is 5.32 Å². The van der Waals surface area contributed by atoms with E-state index in [4.69, 9.17) is 10.8 Å². The highest BCUT2D eigenvalue weighted by Crippen LogP contribution is 2.24. The number of hydrogen-bond donors (Lipinski definition) is 4. The normalized spacial score (nSPS) is 12.1. The number of aliphatic hydroxyl groups excluding tert-OH is 1. The van der Waals surface area contributed by atoms with Gasteiger partial charge in [-0.2, -0.15) is 0 Å². The first-order valence-corrected chi connectivity index (χ1v) is 5.09. The van der Waals surface area contributed by atoms with Gasteiger partial charge in [0, 0.05) is 0 Å². The number of aromatic hydroxyl groups is 1. The monoisotopic (exact) mass is 224 g/mol. The average molecular weight is 224 g/mol. The fourth-order valence-corrected chi connectivity index (χ4v) is 1.28. The zero-order valence-corrected chi connectivity index (χ0v) is 9.10. The van der Waals surface area contributed by atoms with Crippen molar-refractivity contribution in [3.05, 3.63) is 23.8 Å². The summed E-state index contributed by atoms with van der Waals surface area (Å²) in [6.45, 7) is 1.71. The van der Waals surface area contributed by atoms with Crippen molar-refractivity contribution in [3.8, 4) is 5.75 Å². The number of phenolic OH excluding ortho intramolecular Hbond substituents is 1. The Kier molecular flexibility index (Phi) is 4.13. The molecule has 0 aliphatic rings. The number of nitrogens with two attached hydrogens (primary N) is 1. The molecule has 1 amide bonds. The average Bonchev–Trinajstić information content (AvgIpc) is 2.29. The number of benzene rings is 1. The zero-order chi connectivity index (χ0) is 12.1. The lowest BCUT2D eigenvalue weighted by atomic mass is 10.1. The van der Waals surface area contributed by atoms with Crippen LogP contribution in [0.1, 0.15) is 23.7 Å². The van der Waals surface area contributed by atoms with Crippen LogP contribution in [0.4, 0.5) is 5.69 Å². The summed E-state index contributed by atoms with van der Waals surface area (Å²) < 4.78 is 0. The summed E-state index contributed by atoms with van der Waals surface area (Å²) in [7, 11) is 0. The molecule has 0 aliphatic heterocycles. The summed E-state index contributed by atoms with van der Waals surface area (Å²) in [6.07, 6.45) is 0.616. The molecule has 1 aromatic rings. The van der Waals surface area contributed by atoms with Gasteiger partial charge in [0.15, 0.2) is 5.75 Å². The Labute approximate surface area is 93.9 Å². The van der Waals surface area contributed by atoms with Crippen LogP contribution in [-0.2, 0) is 0 Å². The van der Waals surface area contributed by atoms with Crippen LogP contribution >= 0.6 is 0 Å². The largest absolute Gasteiger partial charge is 0.505 e. The number of phenols is 1. The fourth-order valence-electron chi connectivity index (χ4n) is 1.28. The van der Waals surface area contributed by atoms with Crippen LogP contribution in [0, 0.1) is 0 Å². The van der Waals surface area contributed by atoms with Gasteiger partial charge in [-0.05, 0) is 18.6 Å². The number of carbonyl (C=O) groups excluding carboxylic acids is 1. The predicted molar refractivity (Wildman–Crippen MR) is 61.2 cm³/mol. The lowest BCUT2D eigenvalue weighted by Gasteiger charge is -2.14. The molecule has 5 heteroatoms. The van der Waals surface area contributed by atoms with E-state index in [1.54, 1.807) is 6.07 Å². The Balaban J connectivity index is 2.84. The molecule has 0 fully saturated rings. The number of para-hydroxylation sites is 1. The summed E-state index contributed by atoms with van der Waals surface area (Å²) >= 11 is 0. The highest BCUT2D eigenvalue weighted by molar-refractivity contribution is 5.98. The van der Waals surface area contributed by atoms with Crippen LogP contribution < -0.4 is 11.1 Å². The van der Waals surface area contributed by atoms with Gasteiger partial charge in [0.25, 0.3) is 5.91 Å². The second kappa shape index (κ2) is 5.37. The number of carbonyl (C=O) groups is 1. The topological polar surface area (TPSA) is 95.6 Å². The SMILES string of the molecule is CCC(CO)NC(=O)c1cccc(N)c1O. The molecule has 5 nitrogen and oxygen atoms in total. The maximum absolute atomic E-state index is 11.7. The van der Waals surface area contributed by atoms with Crippen molar-refractivity contribution in [3.63, 3.8) is 0 Å². The van der Waals surface area contributed by atoms with E-state index in [1.165, 1.54) is 12.1 Å². The van der Waals surface area contributed by atoms with Crippen molar-refractivity contribution in [1.82, 2.24) is 5.32 Å². The number of hydrogen-bond acceptors (Lipinski definition) is 4. The van der Waals surface area contributed by atoms with Crippen LogP contribution in [0.5, 0.6) is 5.75 Å². The minimum absolute atomic E-state index is 0.118. The number of amides is 1. The number of aliphatic hydroxyl groups is 1. The number of rotatable bonds is 4. The van der Waals surface area contributed by atoms with Crippen LogP contribution in [0.25, 0.3) is 0 Å². The Hall–Kier alpha value is -1.75. The minimum Gasteiger partial charge on any atom is -0.505 e. The summed E-state index contributed by atoms with van der Waals surface area (Å²) in [5, 5.41) is 21.1. The van der Waals surface area contributed by atoms with Gasteiger partial charge in [-0.25, -0.2) is 0 Å². The molecule has 0 spiro atoms. The molecule has 1 aromatic carbocycles. The first-order chi connectivity index (χ1) is 7.60. The number of anilines is 1. The quantitative estimate of drug-likeness (QED) is 0.441. The van der Waals surface area contributed by atoms with Crippen LogP contribution in [0.3, 0.4) is 0 Å². The van der Waals surface area contributed by atoms with Crippen LogP contribution in [0.15, 0.2) is 18.2 Å². The molecule has 1 unspecified atom stereocenters. The van der Waals surface area contributed by atoms with Crippen LogP contribution in [0.2, 0.25) is 0 Å². The van der Waals surface area contributed by atoms with Gasteiger partial charge >= 0.3 is 0 Å². The summed E-state index contributed by atoms with van der Waals surface area (Å²) in [5.74, 6) is -0.668. The van der Waals surface area contributed by atoms with Gasteiger partial charge in [-0.1, -0.05) is 13.0 Å². The van der Waals surface area contributed by atoms with E-state index in [0.29, 0.717) is 6.42 Å². The Morgan fingerprint density at radius 2 is 2.25 bits per heavy atom. The Morgan fingerprint density at radius 3 is 2.81 bits per heavy atom. The Morgan fingerprint density at radius 1 is 1.56 bits per heavy atom. The molecular formula is C11H16N2O3. The van der Waals surface area contributed by atoms with Gasteiger partial charge < -0.3 is 21.3 Å². The summed E-state index contributed by atoms with van der Waals surface area (Å²) in [5.41, 5.74) is 5.75. The van der Waals surface area contributed by atoms with E-state index >= 15 is 0 Å². The molecule has 0 bridgehead atoms. The Bertz CT molecular complexity index is 375. The van der Waals surface area contributed by atoms with Crippen molar-refractivity contribution in [2.24, 2.45) is 0 Å². The fraction of sp³-hybridized carbons (Fsp3) is 0.364. The van der Waals surface area contributed by atoms with Gasteiger partial charge in [0.2, 0.25) is 0 Å². The molecule has 0 heterocycles. The van der Waals surface area contributed by atoms with Crippen molar-refractivity contribution in [2.45, 2.75) is 19.4 Å². The minimum atomic E-state index is -0.439. The molecule has 0 aliphatic carbocycles. The maximum Gasteiger partial charge on any atom is 0.255 e. The number of nitrogen functional groups attached to an aromatic ring is 1. The molecular weight excluding hydrogens is 208 g/mol. The molecule has 0 aromatic heterocycles. The van der Waals surface area contributed by atoms with Crippen molar-refractivity contribution in [1.29, 1.82) is 0 Å². The zero-order valence-electron chi connectivity index (χ0n) is 9.10. The highest BCUT2D eigenvalue weighted by atomic mass is 16.3. The maximum atomic E-state index is 11.7. The highest BCUT2D eigenvalue weighted by Gasteiger charge is 2.15. The molecule has 5 N–H and O–H groups in total. The van der Waals surface area contributed by atoms with Gasteiger partial charge in [0.1, 0.15) is 0 Å². The van der Waals surface area contributed by atoms with Gasteiger partial charge in [0.05, 0.1) is 23.9 Å². The summed E-state index contributed by atoms with van der Waals surface area (Å²) in [4.78, 5) is 11.7. The molecule has 0 saturated carbocycles. The molecule has 16 heavy (non-hydrogen) atoms. The van der Waals surface area contributed by atoms with E-state index in [1.807, 2.05) is 6.92 Å². The molecule has 1 rings (SSSR count). The third-order valence-corrected chi connectivity index (χ3v) is 2.36. The first-order valence-electron chi connectivity index (χ1n) is 5.09. The second-order valence-electron chi connectivity index (χ2n) is 3.50. The smallest absolute Gasteiger partial charge is 0.255 e. The third kappa shape index (κ3) is 2.64. The standard InChI is InChI=1S/C11H16N2O3/c1-2-7(6-14)13-11(16)8-4-3-5-9(12)10(8)15/h3-5,7,14-15H,2,6,12H2,1H3,(H,13,16). The van der Waals surface area contributed by atoms with E-state index < -0.39 is 5.91 Å². The van der Waals surface area contributed by atoms with Crippen LogP contribution in [-0.4, -0.2) is 28.8 Å².